The van der Waals surface area contributed by atoms with E-state index in [4.69, 9.17) is 0 Å². The van der Waals surface area contributed by atoms with Crippen LogP contribution in [-0.2, 0) is 14.8 Å². The number of aryl methyl sites for hydroxylation is 1. The van der Waals surface area contributed by atoms with Crippen molar-refractivity contribution in [2.75, 3.05) is 5.32 Å². The Morgan fingerprint density at radius 3 is 2.42 bits per heavy atom. The van der Waals surface area contributed by atoms with Gasteiger partial charge >= 0.3 is 0 Å². The summed E-state index contributed by atoms with van der Waals surface area (Å²) in [6.45, 7) is 5.76. The second kappa shape index (κ2) is 10.9. The molecule has 0 aliphatic heterocycles. The van der Waals surface area contributed by atoms with Gasteiger partial charge in [0, 0.05) is 17.4 Å². The van der Waals surface area contributed by atoms with Crippen LogP contribution in [-0.4, -0.2) is 25.4 Å². The second-order valence-corrected chi connectivity index (χ2v) is 9.87. The third kappa shape index (κ3) is 7.28. The molecule has 0 saturated carbocycles. The van der Waals surface area contributed by atoms with Crippen molar-refractivity contribution in [3.05, 3.63) is 89.7 Å². The number of hydrogen-bond donors (Lipinski definition) is 2. The SMILES string of the molecule is Cc1ccc(S(=O)(=O)N[C@H](CC(C)C)C(=O)Nc2cccc(C#Cc3ccccn3)c2)cc1. The maximum Gasteiger partial charge on any atom is 0.242 e. The zero-order valence-electron chi connectivity index (χ0n) is 18.9. The molecule has 33 heavy (non-hydrogen) atoms. The summed E-state index contributed by atoms with van der Waals surface area (Å²) in [7, 11) is -3.85. The lowest BCUT2D eigenvalue weighted by Crippen LogP contribution is -2.44. The molecule has 3 rings (SSSR count). The molecule has 7 heteroatoms. The van der Waals surface area contributed by atoms with Gasteiger partial charge in [-0.25, -0.2) is 13.4 Å². The van der Waals surface area contributed by atoms with Gasteiger partial charge in [-0.05, 0) is 67.6 Å². The van der Waals surface area contributed by atoms with E-state index in [2.05, 4.69) is 26.9 Å². The fraction of sp³-hybridized carbons (Fsp3) is 0.231. The van der Waals surface area contributed by atoms with Crippen LogP contribution in [0.25, 0.3) is 0 Å². The van der Waals surface area contributed by atoms with Gasteiger partial charge in [-0.2, -0.15) is 4.72 Å². The predicted molar refractivity (Wildman–Crippen MR) is 130 cm³/mol. The summed E-state index contributed by atoms with van der Waals surface area (Å²) >= 11 is 0. The van der Waals surface area contributed by atoms with Crippen molar-refractivity contribution in [1.82, 2.24) is 9.71 Å². The molecule has 170 valence electrons. The Morgan fingerprint density at radius 2 is 1.76 bits per heavy atom. The van der Waals surface area contributed by atoms with Gasteiger partial charge in [0.25, 0.3) is 0 Å². The van der Waals surface area contributed by atoms with Gasteiger partial charge in [0.1, 0.15) is 11.7 Å². The van der Waals surface area contributed by atoms with Gasteiger partial charge in [-0.3, -0.25) is 4.79 Å². The molecule has 0 spiro atoms. The Kier molecular flexibility index (Phi) is 7.99. The first kappa shape index (κ1) is 24.2. The summed E-state index contributed by atoms with van der Waals surface area (Å²) in [6.07, 6.45) is 2.03. The van der Waals surface area contributed by atoms with Crippen molar-refractivity contribution in [3.8, 4) is 11.8 Å². The Labute approximate surface area is 195 Å². The summed E-state index contributed by atoms with van der Waals surface area (Å²) in [5, 5.41) is 2.82. The molecule has 3 aromatic rings. The number of amides is 1. The fourth-order valence-corrected chi connectivity index (χ4v) is 4.34. The lowest BCUT2D eigenvalue weighted by atomic mass is 10.0. The molecule has 0 aliphatic carbocycles. The third-order valence-corrected chi connectivity index (χ3v) is 6.27. The number of nitrogens with one attached hydrogen (secondary N) is 2. The first-order valence-corrected chi connectivity index (χ1v) is 12.1. The quantitative estimate of drug-likeness (QED) is 0.518. The van der Waals surface area contributed by atoms with Crippen LogP contribution in [0.4, 0.5) is 5.69 Å². The fourth-order valence-electron chi connectivity index (χ4n) is 3.13. The van der Waals surface area contributed by atoms with E-state index in [9.17, 15) is 13.2 Å². The van der Waals surface area contributed by atoms with Gasteiger partial charge < -0.3 is 5.32 Å². The maximum atomic E-state index is 13.0. The summed E-state index contributed by atoms with van der Waals surface area (Å²) in [4.78, 5) is 17.3. The number of aromatic nitrogens is 1. The normalized spacial score (nSPS) is 12.0. The minimum absolute atomic E-state index is 0.108. The number of sulfonamides is 1. The minimum atomic E-state index is -3.85. The second-order valence-electron chi connectivity index (χ2n) is 8.15. The van der Waals surface area contributed by atoms with E-state index in [1.807, 2.05) is 45.0 Å². The van der Waals surface area contributed by atoms with Crippen LogP contribution in [0.15, 0.2) is 77.8 Å². The Balaban J connectivity index is 1.76. The Bertz CT molecular complexity index is 1260. The molecule has 1 atom stereocenters. The number of pyridine rings is 1. The molecule has 0 aliphatic rings. The number of benzene rings is 2. The summed E-state index contributed by atoms with van der Waals surface area (Å²) in [5.41, 5.74) is 2.85. The van der Waals surface area contributed by atoms with Crippen molar-refractivity contribution in [3.63, 3.8) is 0 Å². The van der Waals surface area contributed by atoms with E-state index < -0.39 is 22.0 Å². The number of hydrogen-bond acceptors (Lipinski definition) is 4. The third-order valence-electron chi connectivity index (χ3n) is 4.78. The molecular weight excluding hydrogens is 434 g/mol. The molecule has 0 radical (unpaired) electrons. The lowest BCUT2D eigenvalue weighted by Gasteiger charge is -2.20. The lowest BCUT2D eigenvalue weighted by molar-refractivity contribution is -0.118. The minimum Gasteiger partial charge on any atom is -0.325 e. The van der Waals surface area contributed by atoms with Gasteiger partial charge in [0.15, 0.2) is 0 Å². The van der Waals surface area contributed by atoms with E-state index in [1.165, 1.54) is 12.1 Å². The monoisotopic (exact) mass is 461 g/mol. The van der Waals surface area contributed by atoms with Gasteiger partial charge in [-0.15, -0.1) is 0 Å². The summed E-state index contributed by atoms with van der Waals surface area (Å²) in [5.74, 6) is 5.69. The smallest absolute Gasteiger partial charge is 0.242 e. The predicted octanol–water partition coefficient (Wildman–Crippen LogP) is 4.12. The number of rotatable bonds is 7. The molecular formula is C26H27N3O3S. The summed E-state index contributed by atoms with van der Waals surface area (Å²) < 4.78 is 28.3. The number of carbonyl (C=O) groups excluding carboxylic acids is 1. The van der Waals surface area contributed by atoms with Crippen LogP contribution in [0.3, 0.4) is 0 Å². The zero-order chi connectivity index (χ0) is 23.8. The van der Waals surface area contributed by atoms with Crippen LogP contribution >= 0.6 is 0 Å². The average Bonchev–Trinajstić information content (AvgIpc) is 2.78. The largest absolute Gasteiger partial charge is 0.325 e. The van der Waals surface area contributed by atoms with Crippen LogP contribution in [0.2, 0.25) is 0 Å². The van der Waals surface area contributed by atoms with E-state index in [0.717, 1.165) is 5.56 Å². The average molecular weight is 462 g/mol. The molecule has 2 N–H and O–H groups in total. The maximum absolute atomic E-state index is 13.0. The van der Waals surface area contributed by atoms with Crippen molar-refractivity contribution in [2.24, 2.45) is 5.92 Å². The van der Waals surface area contributed by atoms with Gasteiger partial charge in [-0.1, -0.05) is 49.6 Å². The van der Waals surface area contributed by atoms with Gasteiger partial charge in [0.2, 0.25) is 15.9 Å². The molecule has 0 bridgehead atoms. The van der Waals surface area contributed by atoms with Crippen molar-refractivity contribution in [1.29, 1.82) is 0 Å². The van der Waals surface area contributed by atoms with Crippen LogP contribution < -0.4 is 10.0 Å². The van der Waals surface area contributed by atoms with Crippen LogP contribution in [0.1, 0.15) is 37.1 Å². The molecule has 6 nitrogen and oxygen atoms in total. The Hall–Kier alpha value is -3.47. The van der Waals surface area contributed by atoms with Gasteiger partial charge in [0.05, 0.1) is 4.90 Å². The van der Waals surface area contributed by atoms with Crippen molar-refractivity contribution < 1.29 is 13.2 Å². The number of anilines is 1. The topological polar surface area (TPSA) is 88.2 Å². The molecule has 0 fully saturated rings. The molecule has 1 amide bonds. The highest BCUT2D eigenvalue weighted by Crippen LogP contribution is 2.16. The molecule has 0 unspecified atom stereocenters. The van der Waals surface area contributed by atoms with E-state index in [0.29, 0.717) is 23.4 Å². The molecule has 1 aromatic heterocycles. The first-order valence-electron chi connectivity index (χ1n) is 10.7. The molecule has 1 heterocycles. The van der Waals surface area contributed by atoms with Crippen LogP contribution in [0, 0.1) is 24.7 Å². The van der Waals surface area contributed by atoms with Crippen LogP contribution in [0.5, 0.6) is 0 Å². The molecule has 0 saturated heterocycles. The van der Waals surface area contributed by atoms with E-state index in [-0.39, 0.29) is 10.8 Å². The summed E-state index contributed by atoms with van der Waals surface area (Å²) in [6, 6.07) is 18.2. The van der Waals surface area contributed by atoms with Crippen molar-refractivity contribution >= 4 is 21.6 Å². The van der Waals surface area contributed by atoms with E-state index >= 15 is 0 Å². The van der Waals surface area contributed by atoms with Crippen molar-refractivity contribution in [2.45, 2.75) is 38.1 Å². The number of nitrogens with zero attached hydrogens (tertiary/aromatic N) is 1. The molecule has 2 aromatic carbocycles. The number of carbonyl (C=O) groups is 1. The highest BCUT2D eigenvalue weighted by Gasteiger charge is 2.26. The van der Waals surface area contributed by atoms with E-state index in [1.54, 1.807) is 36.5 Å². The first-order chi connectivity index (χ1) is 15.7. The highest BCUT2D eigenvalue weighted by molar-refractivity contribution is 7.89. The standard InChI is InChI=1S/C26H27N3O3S/c1-19(2)17-25(29-33(31,32)24-14-10-20(3)11-15-24)26(30)28-23-9-6-7-21(18-23)12-13-22-8-4-5-16-27-22/h4-11,14-16,18-19,25,29H,17H2,1-3H3,(H,28,30)/t25-/m1/s1. The highest BCUT2D eigenvalue weighted by atomic mass is 32.2. The zero-order valence-corrected chi connectivity index (χ0v) is 19.7. The Morgan fingerprint density at radius 1 is 1.00 bits per heavy atom.